The van der Waals surface area contributed by atoms with Gasteiger partial charge in [-0.3, -0.25) is 9.11 Å². The molecule has 0 saturated heterocycles. The molecule has 2 aromatic rings. The SMILES string of the molecule is CCCCCN(CCCCC)CCCCC.CCCCCN(CCCCC)CCCCC.Nc1ccc(S(=O)(=O)c2ccc(N)c(S(=O)(=O)O)c2)cc1S(=O)(=O)O. The van der Waals surface area contributed by atoms with Crippen LogP contribution in [0.4, 0.5) is 11.4 Å². The van der Waals surface area contributed by atoms with Gasteiger partial charge in [0.15, 0.2) is 0 Å². The molecule has 6 N–H and O–H groups in total. The van der Waals surface area contributed by atoms with E-state index in [0.717, 1.165) is 24.3 Å². The molecule has 0 aliphatic heterocycles. The molecular formula is C42H78N4O8S3. The monoisotopic (exact) mass is 862 g/mol. The minimum atomic E-state index is -4.78. The fourth-order valence-corrected chi connectivity index (χ4v) is 8.88. The average molecular weight is 863 g/mol. The third kappa shape index (κ3) is 23.8. The van der Waals surface area contributed by atoms with Gasteiger partial charge < -0.3 is 21.3 Å². The number of unbranched alkanes of at least 4 members (excludes halogenated alkanes) is 12. The van der Waals surface area contributed by atoms with Crippen LogP contribution in [0.2, 0.25) is 0 Å². The molecule has 0 amide bonds. The summed E-state index contributed by atoms with van der Waals surface area (Å²) in [4.78, 5) is 2.61. The average Bonchev–Trinajstić information content (AvgIpc) is 3.15. The Kier molecular flexibility index (Phi) is 29.5. The van der Waals surface area contributed by atoms with Crippen molar-refractivity contribution in [2.45, 2.75) is 177 Å². The Morgan fingerprint density at radius 1 is 0.421 bits per heavy atom. The molecule has 57 heavy (non-hydrogen) atoms. The fraction of sp³-hybridized carbons (Fsp3) is 0.714. The molecule has 0 radical (unpaired) electrons. The minimum Gasteiger partial charge on any atom is -0.398 e. The smallest absolute Gasteiger partial charge is 0.296 e. The Labute approximate surface area is 348 Å². The molecular weight excluding hydrogens is 785 g/mol. The molecule has 15 heteroatoms. The number of benzene rings is 2. The van der Waals surface area contributed by atoms with Crippen LogP contribution in [-0.2, 0) is 30.1 Å². The summed E-state index contributed by atoms with van der Waals surface area (Å²) in [5, 5.41) is 0. The van der Waals surface area contributed by atoms with E-state index in [9.17, 15) is 25.3 Å². The van der Waals surface area contributed by atoms with Crippen LogP contribution in [0.15, 0.2) is 56.0 Å². The molecule has 0 bridgehead atoms. The highest BCUT2D eigenvalue weighted by Crippen LogP contribution is 2.29. The highest BCUT2D eigenvalue weighted by molar-refractivity contribution is 7.91. The zero-order valence-electron chi connectivity index (χ0n) is 36.1. The van der Waals surface area contributed by atoms with Gasteiger partial charge in [0.05, 0.1) is 21.2 Å². The highest BCUT2D eigenvalue weighted by Gasteiger charge is 2.25. The van der Waals surface area contributed by atoms with E-state index >= 15 is 0 Å². The molecule has 0 heterocycles. The lowest BCUT2D eigenvalue weighted by molar-refractivity contribution is 0.256. The first-order valence-electron chi connectivity index (χ1n) is 21.4. The Hall–Kier alpha value is -2.27. The van der Waals surface area contributed by atoms with Crippen molar-refractivity contribution in [3.05, 3.63) is 36.4 Å². The van der Waals surface area contributed by atoms with E-state index in [1.807, 2.05) is 0 Å². The second-order valence-electron chi connectivity index (χ2n) is 14.8. The first-order chi connectivity index (χ1) is 26.9. The van der Waals surface area contributed by atoms with Crippen molar-refractivity contribution in [3.8, 4) is 0 Å². The number of sulfone groups is 1. The zero-order chi connectivity index (χ0) is 43.3. The molecule has 0 saturated carbocycles. The van der Waals surface area contributed by atoms with Gasteiger partial charge in [-0.1, -0.05) is 119 Å². The highest BCUT2D eigenvalue weighted by atomic mass is 32.2. The second kappa shape index (κ2) is 30.7. The van der Waals surface area contributed by atoms with Crippen LogP contribution >= 0.6 is 0 Å². The van der Waals surface area contributed by atoms with Crippen molar-refractivity contribution < 1.29 is 34.4 Å². The molecule has 2 rings (SSSR count). The van der Waals surface area contributed by atoms with Gasteiger partial charge in [0.25, 0.3) is 20.2 Å². The van der Waals surface area contributed by atoms with Crippen molar-refractivity contribution in [3.63, 3.8) is 0 Å². The van der Waals surface area contributed by atoms with Gasteiger partial charge in [0.1, 0.15) is 9.79 Å². The number of nitrogen functional groups attached to an aromatic ring is 2. The second-order valence-corrected chi connectivity index (χ2v) is 19.5. The largest absolute Gasteiger partial charge is 0.398 e. The van der Waals surface area contributed by atoms with E-state index in [0.29, 0.717) is 12.1 Å². The lowest BCUT2D eigenvalue weighted by Crippen LogP contribution is -2.27. The van der Waals surface area contributed by atoms with Gasteiger partial charge in [0, 0.05) is 0 Å². The lowest BCUT2D eigenvalue weighted by atomic mass is 10.2. The topological polar surface area (TPSA) is 201 Å². The number of rotatable bonds is 28. The first-order valence-corrected chi connectivity index (χ1v) is 25.7. The van der Waals surface area contributed by atoms with Crippen LogP contribution in [0.1, 0.15) is 157 Å². The number of nitrogens with zero attached hydrogens (tertiary/aromatic N) is 2. The summed E-state index contributed by atoms with van der Waals surface area (Å²) in [6.45, 7) is 21.7. The number of nitrogens with two attached hydrogens (primary N) is 2. The maximum absolute atomic E-state index is 12.6. The Balaban J connectivity index is 0.000000865. The third-order valence-electron chi connectivity index (χ3n) is 9.61. The van der Waals surface area contributed by atoms with Crippen LogP contribution in [0, 0.1) is 0 Å². The van der Waals surface area contributed by atoms with E-state index in [1.54, 1.807) is 0 Å². The molecule has 0 fully saturated rings. The van der Waals surface area contributed by atoms with Gasteiger partial charge in [-0.25, -0.2) is 8.42 Å². The molecule has 0 aliphatic carbocycles. The predicted octanol–water partition coefficient (Wildman–Crippen LogP) is 9.90. The molecule has 0 atom stereocenters. The Morgan fingerprint density at radius 3 is 0.842 bits per heavy atom. The van der Waals surface area contributed by atoms with E-state index in [1.165, 1.54) is 155 Å². The maximum Gasteiger partial charge on any atom is 0.296 e. The first kappa shape index (κ1) is 54.7. The standard InChI is InChI=1S/2C15H33N.C12H12N2O8S3/c2*1-4-7-10-13-16(14-11-8-5-2)15-12-9-6-3;13-9-3-1-7(5-11(9)24(17,18)19)23(15,16)8-2-4-10(14)12(6-8)25(20,21)22/h2*4-15H2,1-3H3;1-6H,13-14H2,(H,17,18,19)(H,20,21,22). The Morgan fingerprint density at radius 2 is 0.649 bits per heavy atom. The molecule has 12 nitrogen and oxygen atoms in total. The molecule has 0 unspecified atom stereocenters. The zero-order valence-corrected chi connectivity index (χ0v) is 38.5. The van der Waals surface area contributed by atoms with Crippen LogP contribution in [0.25, 0.3) is 0 Å². The molecule has 332 valence electrons. The molecule has 0 aliphatic rings. The molecule has 0 aromatic heterocycles. The normalized spacial score (nSPS) is 12.0. The van der Waals surface area contributed by atoms with Crippen LogP contribution < -0.4 is 11.5 Å². The summed E-state index contributed by atoms with van der Waals surface area (Å²) in [6.07, 6.45) is 24.9. The van der Waals surface area contributed by atoms with Crippen molar-refractivity contribution >= 4 is 41.4 Å². The van der Waals surface area contributed by atoms with Crippen LogP contribution in [0.3, 0.4) is 0 Å². The summed E-state index contributed by atoms with van der Waals surface area (Å²) >= 11 is 0. The summed E-state index contributed by atoms with van der Waals surface area (Å²) in [6, 6.07) is 5.12. The Bertz CT molecular complexity index is 1520. The number of hydrogen-bond acceptors (Lipinski definition) is 10. The maximum atomic E-state index is 12.6. The summed E-state index contributed by atoms with van der Waals surface area (Å²) < 4.78 is 88.3. The van der Waals surface area contributed by atoms with Crippen molar-refractivity contribution in [1.29, 1.82) is 0 Å². The number of anilines is 2. The van der Waals surface area contributed by atoms with Gasteiger partial charge in [0.2, 0.25) is 9.84 Å². The van der Waals surface area contributed by atoms with Crippen molar-refractivity contribution in [2.75, 3.05) is 50.7 Å². The van der Waals surface area contributed by atoms with E-state index in [-0.39, 0.29) is 11.4 Å². The lowest BCUT2D eigenvalue weighted by Gasteiger charge is -2.22. The summed E-state index contributed by atoms with van der Waals surface area (Å²) in [5.41, 5.74) is 10.0. The fourth-order valence-electron chi connectivity index (χ4n) is 6.13. The van der Waals surface area contributed by atoms with Crippen molar-refractivity contribution in [2.24, 2.45) is 0 Å². The van der Waals surface area contributed by atoms with Crippen molar-refractivity contribution in [1.82, 2.24) is 9.80 Å². The summed E-state index contributed by atoms with van der Waals surface area (Å²) in [7, 11) is -14.0. The quantitative estimate of drug-likeness (QED) is 0.0359. The van der Waals surface area contributed by atoms with E-state index < -0.39 is 49.7 Å². The third-order valence-corrected chi connectivity index (χ3v) is 13.2. The number of hydrogen-bond donors (Lipinski definition) is 4. The van der Waals surface area contributed by atoms with Gasteiger partial charge in [-0.2, -0.15) is 16.8 Å². The van der Waals surface area contributed by atoms with Gasteiger partial charge in [-0.15, -0.1) is 0 Å². The van der Waals surface area contributed by atoms with E-state index in [4.69, 9.17) is 20.6 Å². The predicted molar refractivity (Wildman–Crippen MR) is 237 cm³/mol. The van der Waals surface area contributed by atoms with Gasteiger partial charge in [-0.05, 0) is 114 Å². The minimum absolute atomic E-state index is 0.377. The van der Waals surface area contributed by atoms with Crippen LogP contribution in [0.5, 0.6) is 0 Å². The molecule has 2 aromatic carbocycles. The molecule has 0 spiro atoms. The van der Waals surface area contributed by atoms with E-state index in [2.05, 4.69) is 51.3 Å². The summed E-state index contributed by atoms with van der Waals surface area (Å²) in [5.74, 6) is 0. The van der Waals surface area contributed by atoms with Gasteiger partial charge >= 0.3 is 0 Å². The van der Waals surface area contributed by atoms with Crippen LogP contribution in [-0.4, -0.2) is 83.4 Å².